The first-order chi connectivity index (χ1) is 4.95. The Hall–Kier alpha value is -0.0900. The molecule has 0 aromatic heterocycles. The van der Waals surface area contributed by atoms with Crippen molar-refractivity contribution in [2.75, 3.05) is 32.1 Å². The summed E-state index contributed by atoms with van der Waals surface area (Å²) in [6.45, 7) is 3.90. The van der Waals surface area contributed by atoms with Gasteiger partial charge in [0.25, 0.3) is 0 Å². The van der Waals surface area contributed by atoms with Crippen molar-refractivity contribution < 1.29 is 8.42 Å². The van der Waals surface area contributed by atoms with Crippen LogP contribution in [-0.4, -0.2) is 45.5 Å². The molecule has 0 aliphatic heterocycles. The fourth-order valence-electron chi connectivity index (χ4n) is 0.755. The Balaban J connectivity index is 3.43. The monoisotopic (exact) mass is 179 g/mol. The van der Waals surface area contributed by atoms with Gasteiger partial charge in [-0.3, -0.25) is 0 Å². The van der Waals surface area contributed by atoms with Gasteiger partial charge < -0.3 is 4.90 Å². The maximum absolute atomic E-state index is 10.7. The summed E-state index contributed by atoms with van der Waals surface area (Å²) in [7, 11) is -0.766. The second-order valence-electron chi connectivity index (χ2n) is 2.88. The molecule has 0 N–H and O–H groups in total. The number of hydrogen-bond donors (Lipinski definition) is 0. The molecule has 4 heteroatoms. The van der Waals surface area contributed by atoms with Gasteiger partial charge in [0.05, 0.1) is 5.75 Å². The van der Waals surface area contributed by atoms with Crippen molar-refractivity contribution in [3.8, 4) is 0 Å². The van der Waals surface area contributed by atoms with Crippen LogP contribution >= 0.6 is 0 Å². The Labute approximate surface area is 69.3 Å². The van der Waals surface area contributed by atoms with Crippen molar-refractivity contribution in [3.63, 3.8) is 0 Å². The first-order valence-electron chi connectivity index (χ1n) is 3.82. The Morgan fingerprint density at radius 3 is 2.27 bits per heavy atom. The highest BCUT2D eigenvalue weighted by Crippen LogP contribution is 1.91. The van der Waals surface area contributed by atoms with Gasteiger partial charge in [0.2, 0.25) is 0 Å². The lowest BCUT2D eigenvalue weighted by molar-refractivity contribution is 0.354. The average Bonchev–Trinajstić information content (AvgIpc) is 1.85. The maximum Gasteiger partial charge on any atom is 0.147 e. The molecule has 0 aromatic carbocycles. The molecule has 0 aromatic rings. The van der Waals surface area contributed by atoms with Crippen LogP contribution in [0.2, 0.25) is 0 Å². The maximum atomic E-state index is 10.7. The summed E-state index contributed by atoms with van der Waals surface area (Å²) in [4.78, 5) is 2.10. The molecule has 0 radical (unpaired) electrons. The van der Waals surface area contributed by atoms with Gasteiger partial charge >= 0.3 is 0 Å². The predicted molar refractivity (Wildman–Crippen MR) is 47.5 cm³/mol. The third-order valence-corrected chi connectivity index (χ3v) is 2.63. The molecule has 0 aliphatic rings. The molecule has 3 nitrogen and oxygen atoms in total. The molecule has 0 saturated carbocycles. The second kappa shape index (κ2) is 4.72. The summed E-state index contributed by atoms with van der Waals surface area (Å²) in [5, 5.41) is 0. The molecule has 68 valence electrons. The van der Waals surface area contributed by atoms with Crippen LogP contribution in [0, 0.1) is 0 Å². The first-order valence-corrected chi connectivity index (χ1v) is 5.88. The first kappa shape index (κ1) is 10.9. The molecule has 0 rings (SSSR count). The van der Waals surface area contributed by atoms with Gasteiger partial charge in [-0.25, -0.2) is 8.42 Å². The van der Waals surface area contributed by atoms with Gasteiger partial charge in [0, 0.05) is 6.26 Å². The minimum absolute atomic E-state index is 0.303. The zero-order valence-corrected chi connectivity index (χ0v) is 8.32. The van der Waals surface area contributed by atoms with E-state index in [-0.39, 0.29) is 0 Å². The van der Waals surface area contributed by atoms with Crippen molar-refractivity contribution in [2.24, 2.45) is 0 Å². The highest BCUT2D eigenvalue weighted by molar-refractivity contribution is 7.90. The highest BCUT2D eigenvalue weighted by atomic mass is 32.2. The molecule has 0 fully saturated rings. The molecular formula is C7H17NO2S. The van der Waals surface area contributed by atoms with Crippen molar-refractivity contribution >= 4 is 9.84 Å². The van der Waals surface area contributed by atoms with E-state index in [1.165, 1.54) is 6.26 Å². The Bertz CT molecular complexity index is 187. The summed E-state index contributed by atoms with van der Waals surface area (Å²) >= 11 is 0. The van der Waals surface area contributed by atoms with Crippen LogP contribution in [0.5, 0.6) is 0 Å². The van der Waals surface area contributed by atoms with Crippen molar-refractivity contribution in [1.82, 2.24) is 4.90 Å². The van der Waals surface area contributed by atoms with Crippen LogP contribution in [0.1, 0.15) is 13.3 Å². The SMILES string of the molecule is CCN(C)CCCS(C)(=O)=O. The molecule has 0 amide bonds. The largest absolute Gasteiger partial charge is 0.307 e. The second-order valence-corrected chi connectivity index (χ2v) is 5.14. The summed E-state index contributed by atoms with van der Waals surface area (Å²) in [5.41, 5.74) is 0. The van der Waals surface area contributed by atoms with E-state index in [4.69, 9.17) is 0 Å². The molecule has 11 heavy (non-hydrogen) atoms. The standard InChI is InChI=1S/C7H17NO2S/c1-4-8(2)6-5-7-11(3,9)10/h4-7H2,1-3H3. The average molecular weight is 179 g/mol. The van der Waals surface area contributed by atoms with Crippen LogP contribution < -0.4 is 0 Å². The van der Waals surface area contributed by atoms with E-state index < -0.39 is 9.84 Å². The van der Waals surface area contributed by atoms with E-state index in [0.717, 1.165) is 19.5 Å². The van der Waals surface area contributed by atoms with Crippen molar-refractivity contribution in [1.29, 1.82) is 0 Å². The smallest absolute Gasteiger partial charge is 0.147 e. The minimum Gasteiger partial charge on any atom is -0.307 e. The quantitative estimate of drug-likeness (QED) is 0.612. The third kappa shape index (κ3) is 7.81. The molecule has 0 spiro atoms. The predicted octanol–water partition coefficient (Wildman–Crippen LogP) is 0.373. The lowest BCUT2D eigenvalue weighted by Gasteiger charge is -2.12. The van der Waals surface area contributed by atoms with Crippen molar-refractivity contribution in [3.05, 3.63) is 0 Å². The Morgan fingerprint density at radius 1 is 1.36 bits per heavy atom. The summed E-state index contributed by atoms with van der Waals surface area (Å²) in [5.74, 6) is 0.303. The number of sulfone groups is 1. The molecule has 0 atom stereocenters. The summed E-state index contributed by atoms with van der Waals surface area (Å²) < 4.78 is 21.4. The molecule has 0 heterocycles. The van der Waals surface area contributed by atoms with Crippen LogP contribution in [0.3, 0.4) is 0 Å². The minimum atomic E-state index is -2.75. The zero-order chi connectivity index (χ0) is 8.91. The highest BCUT2D eigenvalue weighted by Gasteiger charge is 2.01. The Kier molecular flexibility index (Phi) is 4.68. The lowest BCUT2D eigenvalue weighted by Crippen LogP contribution is -2.20. The van der Waals surface area contributed by atoms with E-state index in [0.29, 0.717) is 5.75 Å². The van der Waals surface area contributed by atoms with E-state index in [1.807, 2.05) is 7.05 Å². The third-order valence-electron chi connectivity index (χ3n) is 1.59. The van der Waals surface area contributed by atoms with Crippen molar-refractivity contribution in [2.45, 2.75) is 13.3 Å². The van der Waals surface area contributed by atoms with Crippen LogP contribution in [0.15, 0.2) is 0 Å². The Morgan fingerprint density at radius 2 is 1.91 bits per heavy atom. The topological polar surface area (TPSA) is 37.4 Å². The fourth-order valence-corrected chi connectivity index (χ4v) is 1.41. The van der Waals surface area contributed by atoms with Crippen LogP contribution in [0.25, 0.3) is 0 Å². The van der Waals surface area contributed by atoms with Gasteiger partial charge in [-0.2, -0.15) is 0 Å². The zero-order valence-electron chi connectivity index (χ0n) is 7.50. The number of hydrogen-bond acceptors (Lipinski definition) is 3. The van der Waals surface area contributed by atoms with E-state index in [2.05, 4.69) is 11.8 Å². The summed E-state index contributed by atoms with van der Waals surface area (Å²) in [6.07, 6.45) is 2.02. The number of rotatable bonds is 5. The van der Waals surface area contributed by atoms with E-state index in [9.17, 15) is 8.42 Å². The van der Waals surface area contributed by atoms with Gasteiger partial charge in [-0.05, 0) is 26.6 Å². The molecular weight excluding hydrogens is 162 g/mol. The van der Waals surface area contributed by atoms with Gasteiger partial charge in [0.15, 0.2) is 0 Å². The molecule has 0 unspecified atom stereocenters. The molecule has 0 saturated heterocycles. The summed E-state index contributed by atoms with van der Waals surface area (Å²) in [6, 6.07) is 0. The van der Waals surface area contributed by atoms with E-state index >= 15 is 0 Å². The van der Waals surface area contributed by atoms with Gasteiger partial charge in [0.1, 0.15) is 9.84 Å². The fraction of sp³-hybridized carbons (Fsp3) is 1.00. The van der Waals surface area contributed by atoms with Crippen LogP contribution in [0.4, 0.5) is 0 Å². The number of nitrogens with zero attached hydrogens (tertiary/aromatic N) is 1. The van der Waals surface area contributed by atoms with E-state index in [1.54, 1.807) is 0 Å². The van der Waals surface area contributed by atoms with Gasteiger partial charge in [-0.15, -0.1) is 0 Å². The molecule has 0 aliphatic carbocycles. The molecule has 0 bridgehead atoms. The van der Waals surface area contributed by atoms with Crippen LogP contribution in [-0.2, 0) is 9.84 Å². The van der Waals surface area contributed by atoms with Gasteiger partial charge in [-0.1, -0.05) is 6.92 Å². The normalized spacial score (nSPS) is 12.4. The lowest BCUT2D eigenvalue weighted by atomic mass is 10.4.